The van der Waals surface area contributed by atoms with Crippen molar-refractivity contribution < 1.29 is 23.9 Å². The predicted octanol–water partition coefficient (Wildman–Crippen LogP) is 2.20. The number of aryl methyl sites for hydroxylation is 1. The largest absolute Gasteiger partial charge is 0.453 e. The monoisotopic (exact) mass is 623 g/mol. The molecule has 0 spiro atoms. The number of hydrogen-bond donors (Lipinski definition) is 2. The van der Waals surface area contributed by atoms with E-state index in [1.165, 1.54) is 28.7 Å². The molecule has 15 nitrogen and oxygen atoms in total. The number of alkyl carbamates (subject to hydrolysis) is 1. The number of methoxy groups -OCH3 is 1. The van der Waals surface area contributed by atoms with Gasteiger partial charge >= 0.3 is 6.09 Å². The molecule has 0 aliphatic carbocycles. The molecular formula is C30H41N9O6. The molecule has 242 valence electrons. The van der Waals surface area contributed by atoms with E-state index in [0.717, 1.165) is 19.3 Å². The summed E-state index contributed by atoms with van der Waals surface area (Å²) in [6.07, 6.45) is 6.74. The first-order valence-electron chi connectivity index (χ1n) is 14.8. The third-order valence-corrected chi connectivity index (χ3v) is 7.28. The molecule has 45 heavy (non-hydrogen) atoms. The quantitative estimate of drug-likeness (QED) is 0.303. The molecule has 0 aromatic carbocycles. The molecule has 0 bridgehead atoms. The number of pyridine rings is 1. The lowest BCUT2D eigenvalue weighted by Gasteiger charge is -2.26. The fourth-order valence-electron chi connectivity index (χ4n) is 4.96. The van der Waals surface area contributed by atoms with E-state index in [-0.39, 0.29) is 30.8 Å². The third kappa shape index (κ3) is 8.03. The lowest BCUT2D eigenvalue weighted by atomic mass is 10.1. The highest BCUT2D eigenvalue weighted by Crippen LogP contribution is 2.31. The van der Waals surface area contributed by atoms with Crippen LogP contribution in [0.15, 0.2) is 35.3 Å². The number of rotatable bonds is 11. The molecule has 2 N–H and O–H groups in total. The Kier molecular flexibility index (Phi) is 10.9. The highest BCUT2D eigenvalue weighted by atomic mass is 16.5. The number of carbonyl (C=O) groups is 3. The molecule has 3 aromatic rings. The first kappa shape index (κ1) is 33.1. The SMILES string of the molecule is COC(=O)N[C@@H](CC/C=C/C(=O)N(C)C)C(=O)Nc1cccn(Cc2nc3c(N(C)C)nc(C)nc3n2C2CCCCO2)c1=O. The van der Waals surface area contributed by atoms with Crippen molar-refractivity contribution in [1.82, 2.24) is 34.3 Å². The minimum Gasteiger partial charge on any atom is -0.453 e. The van der Waals surface area contributed by atoms with Crippen molar-refractivity contribution in [3.63, 3.8) is 0 Å². The minimum atomic E-state index is -1.02. The lowest BCUT2D eigenvalue weighted by molar-refractivity contribution is -0.123. The van der Waals surface area contributed by atoms with Gasteiger partial charge in [0, 0.05) is 41.0 Å². The summed E-state index contributed by atoms with van der Waals surface area (Å²) in [5, 5.41) is 5.14. The van der Waals surface area contributed by atoms with Crippen LogP contribution in [0.4, 0.5) is 16.3 Å². The summed E-state index contributed by atoms with van der Waals surface area (Å²) < 4.78 is 14.2. The molecule has 4 rings (SSSR count). The zero-order valence-electron chi connectivity index (χ0n) is 26.6. The van der Waals surface area contributed by atoms with Gasteiger partial charge in [0.1, 0.15) is 29.6 Å². The second-order valence-electron chi connectivity index (χ2n) is 11.1. The zero-order chi connectivity index (χ0) is 32.7. The molecule has 3 aromatic heterocycles. The van der Waals surface area contributed by atoms with Gasteiger partial charge in [-0.05, 0) is 57.2 Å². The molecule has 15 heteroatoms. The van der Waals surface area contributed by atoms with E-state index in [0.29, 0.717) is 41.7 Å². The summed E-state index contributed by atoms with van der Waals surface area (Å²) in [5.41, 5.74) is 0.796. The second-order valence-corrected chi connectivity index (χ2v) is 11.1. The van der Waals surface area contributed by atoms with Crippen molar-refractivity contribution in [3.8, 4) is 0 Å². The van der Waals surface area contributed by atoms with Gasteiger partial charge in [0.05, 0.1) is 13.7 Å². The maximum absolute atomic E-state index is 13.6. The highest BCUT2D eigenvalue weighted by molar-refractivity contribution is 5.96. The Bertz CT molecular complexity index is 1620. The Morgan fingerprint density at radius 1 is 1.18 bits per heavy atom. The molecule has 0 radical (unpaired) electrons. The molecule has 1 aliphatic rings. The van der Waals surface area contributed by atoms with Crippen LogP contribution in [0.25, 0.3) is 11.2 Å². The van der Waals surface area contributed by atoms with E-state index in [9.17, 15) is 19.2 Å². The molecule has 1 saturated heterocycles. The average Bonchev–Trinajstić information content (AvgIpc) is 3.37. The fourth-order valence-corrected chi connectivity index (χ4v) is 4.96. The number of nitrogens with one attached hydrogen (secondary N) is 2. The van der Waals surface area contributed by atoms with Crippen LogP contribution in [0, 0.1) is 6.92 Å². The van der Waals surface area contributed by atoms with E-state index >= 15 is 0 Å². The number of hydrogen-bond acceptors (Lipinski definition) is 10. The van der Waals surface area contributed by atoms with Gasteiger partial charge in [0.2, 0.25) is 11.8 Å². The first-order valence-corrected chi connectivity index (χ1v) is 14.8. The van der Waals surface area contributed by atoms with Gasteiger partial charge in [0.15, 0.2) is 17.0 Å². The normalized spacial score (nSPS) is 15.6. The third-order valence-electron chi connectivity index (χ3n) is 7.28. The Labute approximate surface area is 261 Å². The van der Waals surface area contributed by atoms with E-state index in [1.807, 2.05) is 30.5 Å². The Balaban J connectivity index is 1.62. The van der Waals surface area contributed by atoms with E-state index in [1.54, 1.807) is 32.4 Å². The number of likely N-dealkylation sites (N-methyl/N-ethyl adjacent to an activating group) is 1. The summed E-state index contributed by atoms with van der Waals surface area (Å²) in [5.74, 6) is 1.00. The number of fused-ring (bicyclic) bond motifs is 1. The number of carbonyl (C=O) groups excluding carboxylic acids is 3. The summed E-state index contributed by atoms with van der Waals surface area (Å²) in [4.78, 5) is 68.1. The molecular weight excluding hydrogens is 582 g/mol. The molecule has 0 saturated carbocycles. The molecule has 2 atom stereocenters. The molecule has 4 heterocycles. The molecule has 1 aliphatic heterocycles. The molecule has 3 amide bonds. The van der Waals surface area contributed by atoms with Crippen molar-refractivity contribution in [2.24, 2.45) is 0 Å². The number of ether oxygens (including phenoxy) is 2. The summed E-state index contributed by atoms with van der Waals surface area (Å²) >= 11 is 0. The summed E-state index contributed by atoms with van der Waals surface area (Å²) in [6, 6.07) is 2.12. The van der Waals surface area contributed by atoms with Gasteiger partial charge < -0.3 is 34.5 Å². The van der Waals surface area contributed by atoms with Gasteiger partial charge in [-0.1, -0.05) is 6.08 Å². The smallest absolute Gasteiger partial charge is 0.407 e. The second kappa shape index (κ2) is 14.8. The maximum atomic E-state index is 13.6. The number of anilines is 2. The number of allylic oxidation sites excluding steroid dienone is 1. The van der Waals surface area contributed by atoms with Crippen LogP contribution >= 0.6 is 0 Å². The molecule has 1 fully saturated rings. The van der Waals surface area contributed by atoms with Gasteiger partial charge in [0.25, 0.3) is 5.56 Å². The van der Waals surface area contributed by atoms with Crippen molar-refractivity contribution >= 4 is 40.6 Å². The van der Waals surface area contributed by atoms with E-state index in [4.69, 9.17) is 14.7 Å². The summed E-state index contributed by atoms with van der Waals surface area (Å²) in [7, 11) is 8.22. The van der Waals surface area contributed by atoms with Gasteiger partial charge in [-0.3, -0.25) is 19.0 Å². The Morgan fingerprint density at radius 2 is 1.96 bits per heavy atom. The van der Waals surface area contributed by atoms with Crippen LogP contribution < -0.4 is 21.1 Å². The first-order chi connectivity index (χ1) is 21.5. The molecule has 1 unspecified atom stereocenters. The number of amides is 3. The van der Waals surface area contributed by atoms with Crippen LogP contribution in [0.3, 0.4) is 0 Å². The van der Waals surface area contributed by atoms with Crippen molar-refractivity contribution in [2.75, 3.05) is 52.1 Å². The van der Waals surface area contributed by atoms with Crippen molar-refractivity contribution in [1.29, 1.82) is 0 Å². The van der Waals surface area contributed by atoms with Crippen LogP contribution in [-0.2, 0) is 25.6 Å². The van der Waals surface area contributed by atoms with Crippen LogP contribution in [0.1, 0.15) is 50.0 Å². The lowest BCUT2D eigenvalue weighted by Crippen LogP contribution is -2.44. The van der Waals surface area contributed by atoms with Crippen LogP contribution in [0.2, 0.25) is 0 Å². The van der Waals surface area contributed by atoms with Crippen LogP contribution in [-0.4, -0.2) is 94.8 Å². The van der Waals surface area contributed by atoms with E-state index in [2.05, 4.69) is 20.4 Å². The maximum Gasteiger partial charge on any atom is 0.407 e. The summed E-state index contributed by atoms with van der Waals surface area (Å²) in [6.45, 7) is 2.52. The van der Waals surface area contributed by atoms with Crippen LogP contribution in [0.5, 0.6) is 0 Å². The van der Waals surface area contributed by atoms with E-state index < -0.39 is 23.6 Å². The highest BCUT2D eigenvalue weighted by Gasteiger charge is 2.27. The number of aromatic nitrogens is 5. The van der Waals surface area contributed by atoms with Crippen molar-refractivity contribution in [3.05, 3.63) is 52.5 Å². The minimum absolute atomic E-state index is 0.0266. The van der Waals surface area contributed by atoms with Gasteiger partial charge in [-0.25, -0.2) is 19.7 Å². The standard InChI is InChI=1S/C30H41N9O6/c1-19-31-26(37(4)5)25-27(32-19)39(24-15-9-10-17-45-24)22(35-25)18-38-16-11-13-21(29(38)42)33-28(41)20(34-30(43)44-6)12-7-8-14-23(40)36(2)3/h8,11,13-14,16,20,24H,7,9-10,12,15,17-18H2,1-6H3,(H,33,41)(H,34,43)/b14-8+/t20-,24?/m0/s1. The van der Waals surface area contributed by atoms with Crippen molar-refractivity contribution in [2.45, 2.75) is 57.8 Å². The zero-order valence-corrected chi connectivity index (χ0v) is 26.6. The fraction of sp³-hybridized carbons (Fsp3) is 0.500. The predicted molar refractivity (Wildman–Crippen MR) is 168 cm³/mol. The van der Waals surface area contributed by atoms with Gasteiger partial charge in [-0.15, -0.1) is 0 Å². The average molecular weight is 624 g/mol. The topological polar surface area (TPSA) is 166 Å². The Hall–Kier alpha value is -4.79. The Morgan fingerprint density at radius 3 is 2.62 bits per heavy atom. The number of nitrogens with zero attached hydrogens (tertiary/aromatic N) is 7. The number of imidazole rings is 1. The van der Waals surface area contributed by atoms with Gasteiger partial charge in [-0.2, -0.15) is 0 Å².